The number of aromatic amines is 1. The molecule has 0 aromatic carbocycles. The van der Waals surface area contributed by atoms with E-state index in [-0.39, 0.29) is 23.9 Å². The van der Waals surface area contributed by atoms with E-state index in [1.165, 1.54) is 0 Å². The van der Waals surface area contributed by atoms with Gasteiger partial charge >= 0.3 is 0 Å². The van der Waals surface area contributed by atoms with Gasteiger partial charge in [-0.2, -0.15) is 0 Å². The molecule has 0 spiro atoms. The maximum absolute atomic E-state index is 12.6. The van der Waals surface area contributed by atoms with Crippen LogP contribution in [-0.4, -0.2) is 45.3 Å². The second-order valence-corrected chi connectivity index (χ2v) is 5.68. The van der Waals surface area contributed by atoms with E-state index in [4.69, 9.17) is 0 Å². The van der Waals surface area contributed by atoms with Gasteiger partial charge in [0.1, 0.15) is 5.69 Å². The molecule has 2 fully saturated rings. The third-order valence-corrected chi connectivity index (χ3v) is 4.51. The highest BCUT2D eigenvalue weighted by atomic mass is 16.2. The van der Waals surface area contributed by atoms with Crippen LogP contribution < -0.4 is 4.90 Å². The molecule has 4 rings (SSSR count). The van der Waals surface area contributed by atoms with E-state index in [2.05, 4.69) is 9.97 Å². The van der Waals surface area contributed by atoms with Gasteiger partial charge in [-0.1, -0.05) is 0 Å². The van der Waals surface area contributed by atoms with Crippen molar-refractivity contribution in [3.63, 3.8) is 0 Å². The summed E-state index contributed by atoms with van der Waals surface area (Å²) in [5.41, 5.74) is 1.39. The summed E-state index contributed by atoms with van der Waals surface area (Å²) in [5.74, 6) is 0.0327. The first-order valence-corrected chi connectivity index (χ1v) is 7.42. The second kappa shape index (κ2) is 4.98. The van der Waals surface area contributed by atoms with Gasteiger partial charge in [-0.25, -0.2) is 0 Å². The minimum atomic E-state index is -0.0523. The van der Waals surface area contributed by atoms with Gasteiger partial charge < -0.3 is 14.8 Å². The van der Waals surface area contributed by atoms with Crippen molar-refractivity contribution in [2.24, 2.45) is 0 Å². The van der Waals surface area contributed by atoms with Crippen LogP contribution in [0.15, 0.2) is 42.9 Å². The lowest BCUT2D eigenvalue weighted by molar-refractivity contribution is -0.117. The SMILES string of the molecule is O=C(c1ccc[nH]1)N1CC[C@@H]2[C@@H]1CC(=O)N2c1cccnc1. The minimum Gasteiger partial charge on any atom is -0.357 e. The Hall–Kier alpha value is -2.63. The Bertz CT molecular complexity index is 698. The van der Waals surface area contributed by atoms with Crippen molar-refractivity contribution in [3.8, 4) is 0 Å². The fraction of sp³-hybridized carbons (Fsp3) is 0.312. The van der Waals surface area contributed by atoms with Crippen LogP contribution in [-0.2, 0) is 4.79 Å². The third kappa shape index (κ3) is 1.91. The Kier molecular flexibility index (Phi) is 2.96. The highest BCUT2D eigenvalue weighted by molar-refractivity contribution is 5.99. The molecule has 2 atom stereocenters. The van der Waals surface area contributed by atoms with Crippen LogP contribution >= 0.6 is 0 Å². The zero-order chi connectivity index (χ0) is 15.1. The van der Waals surface area contributed by atoms with Crippen LogP contribution in [0.2, 0.25) is 0 Å². The van der Waals surface area contributed by atoms with Crippen LogP contribution in [0, 0.1) is 0 Å². The molecular formula is C16H16N4O2. The summed E-state index contributed by atoms with van der Waals surface area (Å²) >= 11 is 0. The van der Waals surface area contributed by atoms with Crippen LogP contribution in [0.4, 0.5) is 5.69 Å². The predicted molar refractivity (Wildman–Crippen MR) is 80.4 cm³/mol. The number of hydrogen-bond donors (Lipinski definition) is 1. The summed E-state index contributed by atoms with van der Waals surface area (Å²) < 4.78 is 0. The lowest BCUT2D eigenvalue weighted by Gasteiger charge is -2.25. The molecule has 22 heavy (non-hydrogen) atoms. The summed E-state index contributed by atoms with van der Waals surface area (Å²) in [7, 11) is 0. The molecule has 0 radical (unpaired) electrons. The number of H-pyrrole nitrogens is 1. The molecule has 2 amide bonds. The molecule has 4 heterocycles. The zero-order valence-electron chi connectivity index (χ0n) is 12.0. The Labute approximate surface area is 127 Å². The van der Waals surface area contributed by atoms with E-state index in [1.807, 2.05) is 23.1 Å². The maximum atomic E-state index is 12.6. The molecule has 2 aromatic rings. The summed E-state index contributed by atoms with van der Waals surface area (Å²) in [6.45, 7) is 0.678. The zero-order valence-corrected chi connectivity index (χ0v) is 12.0. The van der Waals surface area contributed by atoms with Crippen molar-refractivity contribution in [1.82, 2.24) is 14.9 Å². The van der Waals surface area contributed by atoms with Crippen molar-refractivity contribution in [2.75, 3.05) is 11.4 Å². The number of carbonyl (C=O) groups excluding carboxylic acids is 2. The number of likely N-dealkylation sites (tertiary alicyclic amines) is 1. The highest BCUT2D eigenvalue weighted by Crippen LogP contribution is 2.36. The number of aromatic nitrogens is 2. The van der Waals surface area contributed by atoms with Gasteiger partial charge in [-0.3, -0.25) is 14.6 Å². The third-order valence-electron chi connectivity index (χ3n) is 4.51. The quantitative estimate of drug-likeness (QED) is 0.911. The average Bonchev–Trinajstić information content (AvgIpc) is 3.23. The monoisotopic (exact) mass is 296 g/mol. The van der Waals surface area contributed by atoms with Gasteiger partial charge in [0.15, 0.2) is 0 Å². The number of rotatable bonds is 2. The first-order chi connectivity index (χ1) is 10.8. The number of hydrogen-bond acceptors (Lipinski definition) is 3. The van der Waals surface area contributed by atoms with Gasteiger partial charge in [-0.05, 0) is 30.7 Å². The van der Waals surface area contributed by atoms with Crippen molar-refractivity contribution < 1.29 is 9.59 Å². The molecule has 2 saturated heterocycles. The van der Waals surface area contributed by atoms with E-state index in [1.54, 1.807) is 29.6 Å². The lowest BCUT2D eigenvalue weighted by Crippen LogP contribution is -2.40. The van der Waals surface area contributed by atoms with Crippen LogP contribution in [0.5, 0.6) is 0 Å². The maximum Gasteiger partial charge on any atom is 0.270 e. The number of anilines is 1. The fourth-order valence-electron chi connectivity index (χ4n) is 3.55. The largest absolute Gasteiger partial charge is 0.357 e. The predicted octanol–water partition coefficient (Wildman–Crippen LogP) is 1.43. The molecule has 0 bridgehead atoms. The number of pyridine rings is 1. The van der Waals surface area contributed by atoms with Gasteiger partial charge in [-0.15, -0.1) is 0 Å². The van der Waals surface area contributed by atoms with Crippen molar-refractivity contribution in [1.29, 1.82) is 0 Å². The Morgan fingerprint density at radius 3 is 2.91 bits per heavy atom. The number of amides is 2. The van der Waals surface area contributed by atoms with Crippen molar-refractivity contribution >= 4 is 17.5 Å². The standard InChI is InChI=1S/C16H16N4O2/c21-15-9-14-13(20(15)11-3-1-6-17-10-11)5-8-19(14)16(22)12-4-2-7-18-12/h1-4,6-7,10,13-14,18H,5,8-9H2/t13-,14+/m1/s1. The molecular weight excluding hydrogens is 280 g/mol. The molecule has 112 valence electrons. The minimum absolute atomic E-state index is 0.0293. The molecule has 0 aliphatic carbocycles. The van der Waals surface area contributed by atoms with E-state index in [0.29, 0.717) is 18.7 Å². The first kappa shape index (κ1) is 13.1. The van der Waals surface area contributed by atoms with Gasteiger partial charge in [0.2, 0.25) is 5.91 Å². The Balaban J connectivity index is 1.61. The molecule has 6 heteroatoms. The number of nitrogens with zero attached hydrogens (tertiary/aromatic N) is 3. The van der Waals surface area contributed by atoms with Crippen molar-refractivity contribution in [2.45, 2.75) is 24.9 Å². The molecule has 1 N–H and O–H groups in total. The molecule has 6 nitrogen and oxygen atoms in total. The van der Waals surface area contributed by atoms with E-state index < -0.39 is 0 Å². The Morgan fingerprint density at radius 1 is 1.27 bits per heavy atom. The summed E-state index contributed by atoms with van der Waals surface area (Å²) in [6, 6.07) is 7.29. The molecule has 0 saturated carbocycles. The van der Waals surface area contributed by atoms with Gasteiger partial charge in [0.05, 0.1) is 24.0 Å². The van der Waals surface area contributed by atoms with Crippen LogP contribution in [0.3, 0.4) is 0 Å². The van der Waals surface area contributed by atoms with Crippen molar-refractivity contribution in [3.05, 3.63) is 48.5 Å². The average molecular weight is 296 g/mol. The van der Waals surface area contributed by atoms with E-state index in [0.717, 1.165) is 12.1 Å². The summed E-state index contributed by atoms with van der Waals surface area (Å²) in [6.07, 6.45) is 6.32. The van der Waals surface area contributed by atoms with Crippen LogP contribution in [0.25, 0.3) is 0 Å². The molecule has 0 unspecified atom stereocenters. The number of fused-ring (bicyclic) bond motifs is 1. The van der Waals surface area contributed by atoms with Gasteiger partial charge in [0, 0.05) is 25.4 Å². The molecule has 2 aliphatic rings. The van der Waals surface area contributed by atoms with Gasteiger partial charge in [0.25, 0.3) is 5.91 Å². The normalized spacial score (nSPS) is 23.9. The van der Waals surface area contributed by atoms with E-state index in [9.17, 15) is 9.59 Å². The number of carbonyl (C=O) groups is 2. The topological polar surface area (TPSA) is 69.3 Å². The Morgan fingerprint density at radius 2 is 2.18 bits per heavy atom. The smallest absolute Gasteiger partial charge is 0.270 e. The van der Waals surface area contributed by atoms with E-state index >= 15 is 0 Å². The molecule has 2 aliphatic heterocycles. The lowest BCUT2D eigenvalue weighted by atomic mass is 10.1. The summed E-state index contributed by atoms with van der Waals surface area (Å²) in [5, 5.41) is 0. The van der Waals surface area contributed by atoms with Crippen LogP contribution in [0.1, 0.15) is 23.3 Å². The highest BCUT2D eigenvalue weighted by Gasteiger charge is 2.49. The second-order valence-electron chi connectivity index (χ2n) is 5.68. The fourth-order valence-corrected chi connectivity index (χ4v) is 3.55. The summed E-state index contributed by atoms with van der Waals surface area (Å²) in [4.78, 5) is 35.6. The molecule has 2 aromatic heterocycles. The first-order valence-electron chi connectivity index (χ1n) is 7.42. The number of nitrogens with one attached hydrogen (secondary N) is 1.